The summed E-state index contributed by atoms with van der Waals surface area (Å²) in [5, 5.41) is 4.22. The monoisotopic (exact) mass is 462 g/mol. The molecule has 0 amide bonds. The lowest BCUT2D eigenvalue weighted by Crippen LogP contribution is -2.68. The van der Waals surface area contributed by atoms with Crippen molar-refractivity contribution in [3.63, 3.8) is 0 Å². The van der Waals surface area contributed by atoms with E-state index < -0.39 is 0 Å². The average Bonchev–Trinajstić information content (AvgIpc) is 3.35. The molecule has 1 aromatic heterocycles. The summed E-state index contributed by atoms with van der Waals surface area (Å²) < 4.78 is 9.84. The van der Waals surface area contributed by atoms with Crippen LogP contribution in [0.4, 0.5) is 0 Å². The van der Waals surface area contributed by atoms with E-state index in [4.69, 9.17) is 4.74 Å². The van der Waals surface area contributed by atoms with Gasteiger partial charge in [-0.1, -0.05) is 43.3 Å². The molecule has 0 radical (unpaired) electrons. The molecule has 4 aromatic rings. The molecule has 1 saturated heterocycles. The molecule has 3 heterocycles. The van der Waals surface area contributed by atoms with E-state index in [0.29, 0.717) is 6.04 Å². The standard InChI is InChI=1S/C32H34N2O/c1-6-34-27-22-10-8-7-9-21(22)19(3)15-23(27)24-17-31(4)25-16-20-12-11-18(2)29-26(20)32(31,13-14-33(25)5)30(35-29)28(24)34/h7-12,15,25,30H,6,13-14,16-17H2,1-5H3/t25-,30+,31+,32+/m1/s1. The highest BCUT2D eigenvalue weighted by molar-refractivity contribution is 6.09. The zero-order valence-corrected chi connectivity index (χ0v) is 21.5. The lowest BCUT2D eigenvalue weighted by Gasteiger charge is -2.64. The summed E-state index contributed by atoms with van der Waals surface area (Å²) in [7, 11) is 2.36. The van der Waals surface area contributed by atoms with Crippen molar-refractivity contribution in [3.8, 4) is 5.75 Å². The van der Waals surface area contributed by atoms with E-state index in [-0.39, 0.29) is 16.9 Å². The summed E-state index contributed by atoms with van der Waals surface area (Å²) >= 11 is 0. The van der Waals surface area contributed by atoms with Gasteiger partial charge in [-0.05, 0) is 87.3 Å². The average molecular weight is 463 g/mol. The Labute approximate surface area is 207 Å². The largest absolute Gasteiger partial charge is 0.483 e. The van der Waals surface area contributed by atoms with Crippen molar-refractivity contribution in [1.29, 1.82) is 0 Å². The minimum Gasteiger partial charge on any atom is -0.483 e. The van der Waals surface area contributed by atoms with Crippen molar-refractivity contribution in [1.82, 2.24) is 9.47 Å². The van der Waals surface area contributed by atoms with Gasteiger partial charge in [0.2, 0.25) is 0 Å². The number of hydrogen-bond acceptors (Lipinski definition) is 2. The highest BCUT2D eigenvalue weighted by atomic mass is 16.5. The highest BCUT2D eigenvalue weighted by Crippen LogP contribution is 2.71. The van der Waals surface area contributed by atoms with Gasteiger partial charge in [0, 0.05) is 34.3 Å². The third-order valence-corrected chi connectivity index (χ3v) is 10.7. The highest BCUT2D eigenvalue weighted by Gasteiger charge is 2.70. The second-order valence-electron chi connectivity index (χ2n) is 12.0. The summed E-state index contributed by atoms with van der Waals surface area (Å²) in [4.78, 5) is 2.66. The third kappa shape index (κ3) is 2.08. The van der Waals surface area contributed by atoms with Crippen LogP contribution in [0.5, 0.6) is 5.75 Å². The Morgan fingerprint density at radius 2 is 1.83 bits per heavy atom. The van der Waals surface area contributed by atoms with Crippen LogP contribution >= 0.6 is 0 Å². The minimum atomic E-state index is 0.0538. The van der Waals surface area contributed by atoms with Gasteiger partial charge >= 0.3 is 0 Å². The Morgan fingerprint density at radius 1 is 1.03 bits per heavy atom. The lowest BCUT2D eigenvalue weighted by molar-refractivity contribution is -0.0913. The van der Waals surface area contributed by atoms with Crippen molar-refractivity contribution < 1.29 is 4.74 Å². The number of benzene rings is 3. The fourth-order valence-electron chi connectivity index (χ4n) is 9.13. The minimum absolute atomic E-state index is 0.0538. The van der Waals surface area contributed by atoms with E-state index in [1.807, 2.05) is 0 Å². The number of likely N-dealkylation sites (tertiary alicyclic amines) is 1. The molecule has 0 N–H and O–H groups in total. The molecule has 3 aromatic carbocycles. The first-order valence-electron chi connectivity index (χ1n) is 13.4. The number of likely N-dealkylation sites (N-methyl/N-ethyl adjacent to an activating group) is 1. The maximum absolute atomic E-state index is 7.21. The number of rotatable bonds is 1. The van der Waals surface area contributed by atoms with Crippen LogP contribution in [0.25, 0.3) is 21.7 Å². The van der Waals surface area contributed by atoms with Gasteiger partial charge in [-0.2, -0.15) is 0 Å². The molecule has 1 spiro atoms. The van der Waals surface area contributed by atoms with Crippen molar-refractivity contribution in [2.45, 2.75) is 71.1 Å². The zero-order valence-electron chi connectivity index (χ0n) is 21.5. The van der Waals surface area contributed by atoms with Crippen LogP contribution < -0.4 is 4.74 Å². The van der Waals surface area contributed by atoms with Gasteiger partial charge in [-0.25, -0.2) is 0 Å². The molecular weight excluding hydrogens is 428 g/mol. The first-order chi connectivity index (χ1) is 16.9. The first-order valence-corrected chi connectivity index (χ1v) is 13.4. The number of aromatic nitrogens is 1. The molecule has 2 aliphatic heterocycles. The number of nitrogens with zero attached hydrogens (tertiary/aromatic N) is 2. The van der Waals surface area contributed by atoms with Crippen LogP contribution in [0.15, 0.2) is 42.5 Å². The predicted molar refractivity (Wildman–Crippen MR) is 143 cm³/mol. The normalized spacial score (nSPS) is 30.4. The molecule has 2 bridgehead atoms. The Hall–Kier alpha value is -2.78. The van der Waals surface area contributed by atoms with Crippen LogP contribution in [-0.4, -0.2) is 29.1 Å². The van der Waals surface area contributed by atoms with Crippen molar-refractivity contribution in [2.75, 3.05) is 13.6 Å². The van der Waals surface area contributed by atoms with Crippen molar-refractivity contribution in [3.05, 3.63) is 76.0 Å². The van der Waals surface area contributed by atoms with Gasteiger partial charge < -0.3 is 14.2 Å². The summed E-state index contributed by atoms with van der Waals surface area (Å²) in [6.07, 6.45) is 3.53. The molecule has 0 unspecified atom stereocenters. The Bertz CT molecular complexity index is 1590. The van der Waals surface area contributed by atoms with E-state index in [9.17, 15) is 0 Å². The van der Waals surface area contributed by atoms with E-state index in [1.165, 1.54) is 56.2 Å². The van der Waals surface area contributed by atoms with E-state index in [1.54, 1.807) is 11.1 Å². The second kappa shape index (κ2) is 6.31. The number of hydrogen-bond donors (Lipinski definition) is 0. The molecule has 1 fully saturated rings. The quantitative estimate of drug-likeness (QED) is 0.316. The number of aryl methyl sites for hydroxylation is 3. The van der Waals surface area contributed by atoms with Gasteiger partial charge in [0.05, 0.1) is 16.6 Å². The van der Waals surface area contributed by atoms with Crippen molar-refractivity contribution >= 4 is 21.7 Å². The summed E-state index contributed by atoms with van der Waals surface area (Å²) in [5.74, 6) is 1.20. The van der Waals surface area contributed by atoms with Crippen molar-refractivity contribution in [2.24, 2.45) is 5.41 Å². The lowest BCUT2D eigenvalue weighted by atomic mass is 9.44. The van der Waals surface area contributed by atoms with Gasteiger partial charge in [0.25, 0.3) is 0 Å². The summed E-state index contributed by atoms with van der Waals surface area (Å²) in [5.41, 5.74) is 10.4. The molecule has 2 aliphatic carbocycles. The fourth-order valence-corrected chi connectivity index (χ4v) is 9.13. The van der Waals surface area contributed by atoms with Crippen LogP contribution in [0.1, 0.15) is 59.9 Å². The van der Waals surface area contributed by atoms with Gasteiger partial charge in [0.1, 0.15) is 11.9 Å². The van der Waals surface area contributed by atoms with Crippen LogP contribution in [0.2, 0.25) is 0 Å². The molecule has 35 heavy (non-hydrogen) atoms. The molecule has 0 saturated carbocycles. The maximum Gasteiger partial charge on any atom is 0.149 e. The van der Waals surface area contributed by atoms with Gasteiger partial charge in [-0.15, -0.1) is 0 Å². The summed E-state index contributed by atoms with van der Waals surface area (Å²) in [6.45, 7) is 11.6. The van der Waals surface area contributed by atoms with Crippen LogP contribution in [0, 0.1) is 19.3 Å². The first kappa shape index (κ1) is 20.4. The predicted octanol–water partition coefficient (Wildman–Crippen LogP) is 6.63. The molecule has 3 nitrogen and oxygen atoms in total. The van der Waals surface area contributed by atoms with E-state index in [0.717, 1.165) is 25.9 Å². The van der Waals surface area contributed by atoms with Gasteiger partial charge in [0.15, 0.2) is 0 Å². The molecule has 3 heteroatoms. The van der Waals surface area contributed by atoms with Crippen LogP contribution in [-0.2, 0) is 24.8 Å². The van der Waals surface area contributed by atoms with Gasteiger partial charge in [-0.3, -0.25) is 0 Å². The fraction of sp³-hybridized carbons (Fsp3) is 0.438. The third-order valence-electron chi connectivity index (χ3n) is 10.7. The molecule has 178 valence electrons. The molecule has 4 aliphatic rings. The molecule has 8 rings (SSSR count). The van der Waals surface area contributed by atoms with E-state index >= 15 is 0 Å². The smallest absolute Gasteiger partial charge is 0.149 e. The SMILES string of the molecule is CCn1c2c(c3cc(C)c4ccccc4c31)C[C@@]1(C)[C@H]3Cc4ccc(C)c5c4[C@@]1(CCN3C)[C@H]2O5. The number of piperidine rings is 1. The molecule has 4 atom stereocenters. The Balaban J connectivity index is 1.54. The Morgan fingerprint density at radius 3 is 2.63 bits per heavy atom. The maximum atomic E-state index is 7.21. The Kier molecular flexibility index (Phi) is 3.68. The van der Waals surface area contributed by atoms with E-state index in [2.05, 4.69) is 86.7 Å². The molecular formula is C32H34N2O. The second-order valence-corrected chi connectivity index (χ2v) is 12.0. The summed E-state index contributed by atoms with van der Waals surface area (Å²) in [6, 6.07) is 16.7. The topological polar surface area (TPSA) is 17.4 Å². The zero-order chi connectivity index (χ0) is 23.9. The number of fused-ring (bicyclic) bond motifs is 6. The van der Waals surface area contributed by atoms with Crippen LogP contribution in [0.3, 0.4) is 0 Å². The number of ether oxygens (including phenoxy) is 1.